The summed E-state index contributed by atoms with van der Waals surface area (Å²) in [6, 6.07) is 0. The molecule has 0 aliphatic rings. The van der Waals surface area contributed by atoms with E-state index in [2.05, 4.69) is 10.4 Å². The monoisotopic (exact) mass is 340 g/mol. The molecule has 8 heavy (non-hydrogen) atoms. The first-order valence-electron chi connectivity index (χ1n) is 1.65. The molecule has 0 aliphatic carbocycles. The van der Waals surface area contributed by atoms with E-state index in [0.29, 0.717) is 0 Å². The van der Waals surface area contributed by atoms with E-state index in [0.717, 1.165) is 0 Å². The van der Waals surface area contributed by atoms with Gasteiger partial charge in [-0.15, -0.1) is 9.81 Å². The first kappa shape index (κ1) is 8.66. The molecule has 0 aromatic carbocycles. The molecule has 0 aliphatic heterocycles. The number of hydrogen-bond acceptors (Lipinski definition) is 4. The molecule has 2 atom stereocenters. The van der Waals surface area contributed by atoms with Crippen LogP contribution in [0.25, 0.3) is 0 Å². The quantitative estimate of drug-likeness (QED) is 0.342. The lowest BCUT2D eigenvalue weighted by Gasteiger charge is -1.96. The normalized spacial score (nSPS) is 16.8. The molecule has 0 amide bonds. The molecule has 6 heteroatoms. The average Bonchev–Trinajstić information content (AvgIpc) is 1.84. The molecule has 0 bridgehead atoms. The van der Waals surface area contributed by atoms with Crippen molar-refractivity contribution in [2.75, 3.05) is 0 Å². The molecule has 4 nitrogen and oxygen atoms in total. The van der Waals surface area contributed by atoms with Crippen LogP contribution < -0.4 is 0 Å². The summed E-state index contributed by atoms with van der Waals surface area (Å²) in [6.45, 7) is 0. The van der Waals surface area contributed by atoms with Gasteiger partial charge in [-0.05, 0) is 45.2 Å². The van der Waals surface area contributed by atoms with E-state index >= 15 is 0 Å². The number of alkyl halides is 2. The predicted octanol–water partition coefficient (Wildman–Crippen LogP) is 2.04. The van der Waals surface area contributed by atoms with Crippen molar-refractivity contribution in [3.63, 3.8) is 0 Å². The third-order valence-corrected chi connectivity index (χ3v) is 3.62. The van der Waals surface area contributed by atoms with Gasteiger partial charge in [-0.2, -0.15) is 0 Å². The third kappa shape index (κ3) is 2.84. The van der Waals surface area contributed by atoms with Crippen LogP contribution in [-0.2, 0) is 0 Å². The summed E-state index contributed by atoms with van der Waals surface area (Å²) in [7, 11) is 0. The van der Waals surface area contributed by atoms with Crippen molar-refractivity contribution in [2.45, 2.75) is 8.10 Å². The van der Waals surface area contributed by atoms with Crippen molar-refractivity contribution in [2.24, 2.45) is 10.4 Å². The molecule has 0 saturated heterocycles. The smallest absolute Gasteiger partial charge is 0.150 e. The van der Waals surface area contributed by atoms with Crippen LogP contribution in [0.5, 0.6) is 0 Å². The topological polar surface area (TPSA) is 58.9 Å². The van der Waals surface area contributed by atoms with Crippen molar-refractivity contribution >= 4 is 45.2 Å². The van der Waals surface area contributed by atoms with E-state index in [9.17, 15) is 9.81 Å². The molecule has 0 aromatic rings. The Balaban J connectivity index is 3.60. The Hall–Kier alpha value is 0.660. The summed E-state index contributed by atoms with van der Waals surface area (Å²) in [6.07, 6.45) is 0. The van der Waals surface area contributed by atoms with Crippen LogP contribution in [0.3, 0.4) is 0 Å². The highest BCUT2D eigenvalue weighted by molar-refractivity contribution is 14.1. The van der Waals surface area contributed by atoms with Crippen LogP contribution in [0.1, 0.15) is 0 Å². The lowest BCUT2D eigenvalue weighted by Crippen LogP contribution is -2.05. The standard InChI is InChI=1S/C2H2I2N2O2/c3-1(5-7)2(4)6-8/h1-2H. The molecule has 0 radical (unpaired) electrons. The summed E-state index contributed by atoms with van der Waals surface area (Å²) in [4.78, 5) is 19.3. The van der Waals surface area contributed by atoms with Gasteiger partial charge in [0.15, 0.2) is 8.10 Å². The van der Waals surface area contributed by atoms with Gasteiger partial charge in [-0.25, -0.2) is 0 Å². The number of halogens is 2. The van der Waals surface area contributed by atoms with Crippen LogP contribution in [0.15, 0.2) is 10.4 Å². The summed E-state index contributed by atoms with van der Waals surface area (Å²) in [5, 5.41) is 5.19. The molecule has 0 N–H and O–H groups in total. The van der Waals surface area contributed by atoms with E-state index in [4.69, 9.17) is 0 Å². The molecule has 0 rings (SSSR count). The van der Waals surface area contributed by atoms with Crippen molar-refractivity contribution in [1.29, 1.82) is 0 Å². The van der Waals surface area contributed by atoms with Gasteiger partial charge in [-0.3, -0.25) is 0 Å². The zero-order chi connectivity index (χ0) is 6.57. The van der Waals surface area contributed by atoms with E-state index in [1.54, 1.807) is 45.2 Å². The van der Waals surface area contributed by atoms with Crippen LogP contribution in [-0.4, -0.2) is 8.10 Å². The van der Waals surface area contributed by atoms with Gasteiger partial charge in [0.2, 0.25) is 0 Å². The van der Waals surface area contributed by atoms with Crippen molar-refractivity contribution in [1.82, 2.24) is 0 Å². The number of hydrogen-bond donors (Lipinski definition) is 0. The van der Waals surface area contributed by atoms with Gasteiger partial charge in [0.25, 0.3) is 0 Å². The highest BCUT2D eigenvalue weighted by Gasteiger charge is 2.14. The SMILES string of the molecule is O=NC(I)C(I)N=O. The maximum atomic E-state index is 9.64. The lowest BCUT2D eigenvalue weighted by molar-refractivity contribution is 0.901. The average molecular weight is 340 g/mol. The summed E-state index contributed by atoms with van der Waals surface area (Å²) < 4.78 is -1.07. The van der Waals surface area contributed by atoms with Crippen LogP contribution in [0.4, 0.5) is 0 Å². The first-order chi connectivity index (χ1) is 3.72. The van der Waals surface area contributed by atoms with E-state index < -0.39 is 8.10 Å². The van der Waals surface area contributed by atoms with E-state index in [1.807, 2.05) is 0 Å². The van der Waals surface area contributed by atoms with E-state index in [1.165, 1.54) is 0 Å². The van der Waals surface area contributed by atoms with Gasteiger partial charge in [0.1, 0.15) is 0 Å². The predicted molar refractivity (Wildman–Crippen MR) is 47.2 cm³/mol. The van der Waals surface area contributed by atoms with Crippen molar-refractivity contribution in [3.8, 4) is 0 Å². The number of rotatable bonds is 3. The Morgan fingerprint density at radius 2 is 1.25 bits per heavy atom. The fraction of sp³-hybridized carbons (Fsp3) is 1.00. The Kier molecular flexibility index (Phi) is 4.90. The Bertz CT molecular complexity index is 86.0. The minimum Gasteiger partial charge on any atom is -0.150 e. The molecule has 0 fully saturated rings. The molecule has 0 heterocycles. The Morgan fingerprint density at radius 1 is 1.00 bits per heavy atom. The van der Waals surface area contributed by atoms with Crippen LogP contribution in [0.2, 0.25) is 0 Å². The second-order valence-corrected chi connectivity index (χ2v) is 3.51. The summed E-state index contributed by atoms with van der Waals surface area (Å²) in [5.74, 6) is 0. The second kappa shape index (κ2) is 4.53. The van der Waals surface area contributed by atoms with Crippen LogP contribution >= 0.6 is 45.2 Å². The summed E-state index contributed by atoms with van der Waals surface area (Å²) in [5.41, 5.74) is 0. The summed E-state index contributed by atoms with van der Waals surface area (Å²) >= 11 is 3.50. The van der Waals surface area contributed by atoms with Crippen LogP contribution in [0, 0.1) is 9.81 Å². The molecule has 0 spiro atoms. The Labute approximate surface area is 73.0 Å². The zero-order valence-electron chi connectivity index (χ0n) is 3.62. The maximum absolute atomic E-state index is 9.64. The third-order valence-electron chi connectivity index (χ3n) is 0.428. The fourth-order valence-electron chi connectivity index (χ4n) is 0.100. The highest BCUT2D eigenvalue weighted by atomic mass is 127. The zero-order valence-corrected chi connectivity index (χ0v) is 7.94. The van der Waals surface area contributed by atoms with Crippen molar-refractivity contribution < 1.29 is 0 Å². The maximum Gasteiger partial charge on any atom is 0.177 e. The van der Waals surface area contributed by atoms with Gasteiger partial charge in [-0.1, -0.05) is 10.4 Å². The highest BCUT2D eigenvalue weighted by Crippen LogP contribution is 2.16. The van der Waals surface area contributed by atoms with Gasteiger partial charge in [0.05, 0.1) is 0 Å². The molecular formula is C2H2I2N2O2. The largest absolute Gasteiger partial charge is 0.177 e. The minimum absolute atomic E-state index is 0.536. The Morgan fingerprint density at radius 3 is 1.38 bits per heavy atom. The second-order valence-electron chi connectivity index (χ2n) is 0.956. The number of nitroso groups, excluding NO2 is 2. The van der Waals surface area contributed by atoms with Gasteiger partial charge < -0.3 is 0 Å². The molecule has 46 valence electrons. The lowest BCUT2D eigenvalue weighted by atomic mass is 10.7. The minimum atomic E-state index is -0.536. The van der Waals surface area contributed by atoms with Crippen molar-refractivity contribution in [3.05, 3.63) is 9.81 Å². The van der Waals surface area contributed by atoms with Gasteiger partial charge >= 0.3 is 0 Å². The molecule has 0 saturated carbocycles. The molecule has 0 aromatic heterocycles. The van der Waals surface area contributed by atoms with E-state index in [-0.39, 0.29) is 0 Å². The molecular weight excluding hydrogens is 338 g/mol. The first-order valence-corrected chi connectivity index (χ1v) is 4.14. The number of nitrogens with zero attached hydrogens (tertiary/aromatic N) is 2. The molecule has 2 unspecified atom stereocenters. The van der Waals surface area contributed by atoms with Gasteiger partial charge in [0, 0.05) is 0 Å². The fourth-order valence-corrected chi connectivity index (χ4v) is 0.363.